The summed E-state index contributed by atoms with van der Waals surface area (Å²) in [5.41, 5.74) is 2.53. The summed E-state index contributed by atoms with van der Waals surface area (Å²) >= 11 is 12.6. The molecule has 2 aromatic heterocycles. The number of likely N-dealkylation sites (tertiary alicyclic amines) is 1. The average Bonchev–Trinajstić information content (AvgIpc) is 3.80. The molecular formula is C30H34Cl2N6O3. The molecule has 1 N–H and O–H groups in total. The SMILES string of the molecule is O=C(O)CC1CCN(Cc2cc(Oc3cnc(N4CCN(C5CC5)CC4)nc3)nc(-c3cc(Cl)cc(Cl)c3)c2)CC1. The number of carboxylic acid groups (broad SMARTS) is 1. The highest BCUT2D eigenvalue weighted by atomic mass is 35.5. The van der Waals surface area contributed by atoms with Gasteiger partial charge >= 0.3 is 5.97 Å². The lowest BCUT2D eigenvalue weighted by Crippen LogP contribution is -2.47. The zero-order valence-corrected chi connectivity index (χ0v) is 24.4. The van der Waals surface area contributed by atoms with Crippen LogP contribution in [0, 0.1) is 5.92 Å². The highest BCUT2D eigenvalue weighted by Gasteiger charge is 2.31. The molecule has 4 heterocycles. The molecule has 41 heavy (non-hydrogen) atoms. The van der Waals surface area contributed by atoms with Crippen molar-refractivity contribution in [2.75, 3.05) is 44.2 Å². The van der Waals surface area contributed by atoms with Gasteiger partial charge < -0.3 is 14.7 Å². The minimum absolute atomic E-state index is 0.231. The first-order valence-electron chi connectivity index (χ1n) is 14.3. The quantitative estimate of drug-likeness (QED) is 0.338. The van der Waals surface area contributed by atoms with Crippen molar-refractivity contribution in [1.29, 1.82) is 0 Å². The number of hydrogen-bond donors (Lipinski definition) is 1. The van der Waals surface area contributed by atoms with Crippen LogP contribution in [-0.4, -0.2) is 81.1 Å². The Bertz CT molecular complexity index is 1350. The number of piperidine rings is 1. The van der Waals surface area contributed by atoms with Gasteiger partial charge in [-0.1, -0.05) is 23.2 Å². The van der Waals surface area contributed by atoms with E-state index in [9.17, 15) is 4.79 Å². The normalized spacial score (nSPS) is 18.9. The molecular weight excluding hydrogens is 563 g/mol. The fourth-order valence-corrected chi connectivity index (χ4v) is 6.31. The van der Waals surface area contributed by atoms with Crippen molar-refractivity contribution in [3.63, 3.8) is 0 Å². The Morgan fingerprint density at radius 1 is 0.902 bits per heavy atom. The Labute approximate surface area is 250 Å². The monoisotopic (exact) mass is 596 g/mol. The number of rotatable bonds is 9. The smallest absolute Gasteiger partial charge is 0.303 e. The summed E-state index contributed by atoms with van der Waals surface area (Å²) in [7, 11) is 0. The topological polar surface area (TPSA) is 94.9 Å². The summed E-state index contributed by atoms with van der Waals surface area (Å²) in [6.07, 6.45) is 8.04. The largest absolute Gasteiger partial charge is 0.481 e. The predicted molar refractivity (Wildman–Crippen MR) is 159 cm³/mol. The van der Waals surface area contributed by atoms with Crippen LogP contribution in [0.2, 0.25) is 10.0 Å². The van der Waals surface area contributed by atoms with Crippen molar-refractivity contribution in [1.82, 2.24) is 24.8 Å². The first-order valence-corrected chi connectivity index (χ1v) is 15.0. The zero-order chi connectivity index (χ0) is 28.3. The molecule has 9 nitrogen and oxygen atoms in total. The molecule has 6 rings (SSSR count). The highest BCUT2D eigenvalue weighted by molar-refractivity contribution is 6.35. The van der Waals surface area contributed by atoms with E-state index in [2.05, 4.69) is 24.7 Å². The Morgan fingerprint density at radius 2 is 1.59 bits per heavy atom. The maximum absolute atomic E-state index is 11.1. The summed E-state index contributed by atoms with van der Waals surface area (Å²) in [5, 5.41) is 10.2. The van der Waals surface area contributed by atoms with Crippen molar-refractivity contribution in [3.05, 3.63) is 58.3 Å². The number of carboxylic acids is 1. The number of aliphatic carboxylic acids is 1. The van der Waals surface area contributed by atoms with Gasteiger partial charge in [0, 0.05) is 66.9 Å². The van der Waals surface area contributed by atoms with Crippen molar-refractivity contribution in [3.8, 4) is 22.9 Å². The van der Waals surface area contributed by atoms with E-state index in [4.69, 9.17) is 38.0 Å². The summed E-state index contributed by atoms with van der Waals surface area (Å²) in [6, 6.07) is 10.1. The van der Waals surface area contributed by atoms with Gasteiger partial charge in [0.05, 0.1) is 18.1 Å². The number of hydrogen-bond acceptors (Lipinski definition) is 8. The molecule has 0 radical (unpaired) electrons. The molecule has 1 saturated carbocycles. The van der Waals surface area contributed by atoms with Crippen molar-refractivity contribution < 1.29 is 14.6 Å². The molecule has 0 atom stereocenters. The van der Waals surface area contributed by atoms with Crippen LogP contribution in [0.4, 0.5) is 5.95 Å². The highest BCUT2D eigenvalue weighted by Crippen LogP contribution is 2.32. The van der Waals surface area contributed by atoms with E-state index in [1.807, 2.05) is 24.3 Å². The Hall–Kier alpha value is -2.98. The number of anilines is 1. The molecule has 0 unspecified atom stereocenters. The molecule has 0 spiro atoms. The maximum atomic E-state index is 11.1. The third-order valence-electron chi connectivity index (χ3n) is 8.09. The summed E-state index contributed by atoms with van der Waals surface area (Å²) < 4.78 is 6.18. The van der Waals surface area contributed by atoms with Crippen LogP contribution in [0.3, 0.4) is 0 Å². The van der Waals surface area contributed by atoms with Crippen LogP contribution in [0.5, 0.6) is 11.6 Å². The minimum Gasteiger partial charge on any atom is -0.481 e. The van der Waals surface area contributed by atoms with Gasteiger partial charge in [-0.25, -0.2) is 15.0 Å². The second-order valence-electron chi connectivity index (χ2n) is 11.2. The lowest BCUT2D eigenvalue weighted by Gasteiger charge is -2.34. The van der Waals surface area contributed by atoms with Crippen molar-refractivity contribution in [2.45, 2.75) is 44.7 Å². The molecule has 2 aliphatic heterocycles. The summed E-state index contributed by atoms with van der Waals surface area (Å²) in [5.74, 6) is 1.17. The van der Waals surface area contributed by atoms with E-state index >= 15 is 0 Å². The van der Waals surface area contributed by atoms with Gasteiger partial charge in [0.25, 0.3) is 0 Å². The Kier molecular flexibility index (Phi) is 8.57. The standard InChI is InChI=1S/C30H34Cl2N6O3/c31-23-14-22(15-24(32)16-23)27-11-21(19-36-5-3-20(4-6-36)13-29(39)40)12-28(35-27)41-26-17-33-30(34-18-26)38-9-7-37(8-10-38)25-1-2-25/h11-12,14-18,20,25H,1-10,13,19H2,(H,39,40). The van der Waals surface area contributed by atoms with Crippen LogP contribution >= 0.6 is 23.2 Å². The maximum Gasteiger partial charge on any atom is 0.303 e. The number of piperazine rings is 1. The van der Waals surface area contributed by atoms with Crippen molar-refractivity contribution >= 4 is 35.1 Å². The van der Waals surface area contributed by atoms with Gasteiger partial charge in [0.1, 0.15) is 0 Å². The van der Waals surface area contributed by atoms with Gasteiger partial charge in [-0.05, 0) is 74.5 Å². The summed E-state index contributed by atoms with van der Waals surface area (Å²) in [4.78, 5) is 32.2. The van der Waals surface area contributed by atoms with Crippen LogP contribution in [0.25, 0.3) is 11.3 Å². The third kappa shape index (κ3) is 7.46. The first kappa shape index (κ1) is 28.2. The molecule has 3 fully saturated rings. The number of carbonyl (C=O) groups is 1. The molecule has 216 valence electrons. The van der Waals surface area contributed by atoms with Crippen molar-refractivity contribution in [2.24, 2.45) is 5.92 Å². The molecule has 0 amide bonds. The number of aromatic nitrogens is 3. The van der Waals surface area contributed by atoms with Crippen LogP contribution < -0.4 is 9.64 Å². The van der Waals surface area contributed by atoms with Gasteiger partial charge in [0.2, 0.25) is 11.8 Å². The van der Waals surface area contributed by atoms with E-state index < -0.39 is 5.97 Å². The van der Waals surface area contributed by atoms with E-state index in [0.717, 1.165) is 75.2 Å². The van der Waals surface area contributed by atoms with Gasteiger partial charge in [-0.15, -0.1) is 0 Å². The number of benzene rings is 1. The fraction of sp³-hybridized carbons (Fsp3) is 0.467. The lowest BCUT2D eigenvalue weighted by atomic mass is 9.93. The average molecular weight is 598 g/mol. The van der Waals surface area contributed by atoms with Crippen LogP contribution in [0.1, 0.15) is 37.7 Å². The molecule has 3 aliphatic rings. The third-order valence-corrected chi connectivity index (χ3v) is 8.53. The molecule has 2 saturated heterocycles. The second kappa shape index (κ2) is 12.5. The van der Waals surface area contributed by atoms with Gasteiger partial charge in [0.15, 0.2) is 5.75 Å². The molecule has 11 heteroatoms. The van der Waals surface area contributed by atoms with E-state index in [1.165, 1.54) is 12.8 Å². The van der Waals surface area contributed by atoms with E-state index in [1.54, 1.807) is 18.5 Å². The second-order valence-corrected chi connectivity index (χ2v) is 12.1. The number of halogens is 2. The van der Waals surface area contributed by atoms with Crippen LogP contribution in [0.15, 0.2) is 42.7 Å². The molecule has 3 aromatic rings. The summed E-state index contributed by atoms with van der Waals surface area (Å²) in [6.45, 7) is 6.35. The minimum atomic E-state index is -0.725. The first-order chi connectivity index (χ1) is 19.9. The Morgan fingerprint density at radius 3 is 2.22 bits per heavy atom. The Balaban J connectivity index is 1.17. The van der Waals surface area contributed by atoms with E-state index in [0.29, 0.717) is 33.9 Å². The van der Waals surface area contributed by atoms with Crippen LogP contribution in [-0.2, 0) is 11.3 Å². The lowest BCUT2D eigenvalue weighted by molar-refractivity contribution is -0.138. The fourth-order valence-electron chi connectivity index (χ4n) is 5.78. The number of nitrogens with zero attached hydrogens (tertiary/aromatic N) is 6. The van der Waals surface area contributed by atoms with Gasteiger partial charge in [-0.3, -0.25) is 14.6 Å². The zero-order valence-electron chi connectivity index (χ0n) is 22.9. The molecule has 0 bridgehead atoms. The number of pyridine rings is 1. The van der Waals surface area contributed by atoms with Gasteiger partial charge in [-0.2, -0.15) is 0 Å². The molecule has 1 aromatic carbocycles. The predicted octanol–water partition coefficient (Wildman–Crippen LogP) is 5.61. The molecule has 1 aliphatic carbocycles. The van der Waals surface area contributed by atoms with E-state index in [-0.39, 0.29) is 12.3 Å². The number of ether oxygens (including phenoxy) is 1.